The minimum Gasteiger partial charge on any atom is -0.444 e. The van der Waals surface area contributed by atoms with Crippen LogP contribution in [0.1, 0.15) is 54.6 Å². The molecule has 1 aliphatic carbocycles. The fourth-order valence-electron chi connectivity index (χ4n) is 4.63. The molecule has 0 spiro atoms. The van der Waals surface area contributed by atoms with Gasteiger partial charge in [-0.1, -0.05) is 48.2 Å². The van der Waals surface area contributed by atoms with Crippen LogP contribution in [0.3, 0.4) is 0 Å². The summed E-state index contributed by atoms with van der Waals surface area (Å²) in [6.45, 7) is 5.60. The molecular weight excluding hydrogens is 482 g/mol. The third-order valence-electron chi connectivity index (χ3n) is 6.55. The van der Waals surface area contributed by atoms with Gasteiger partial charge in [-0.05, 0) is 50.8 Å². The van der Waals surface area contributed by atoms with Gasteiger partial charge in [0.2, 0.25) is 5.91 Å². The number of rotatable bonds is 4. The van der Waals surface area contributed by atoms with Crippen molar-refractivity contribution in [2.24, 2.45) is 5.92 Å². The Morgan fingerprint density at radius 1 is 1.16 bits per heavy atom. The number of carbonyl (C=O) groups excluding carboxylic acids is 3. The van der Waals surface area contributed by atoms with Crippen molar-refractivity contribution in [2.75, 3.05) is 18.9 Å². The minimum absolute atomic E-state index is 0.158. The first-order valence-corrected chi connectivity index (χ1v) is 12.6. The van der Waals surface area contributed by atoms with Gasteiger partial charge in [-0.3, -0.25) is 9.59 Å². The van der Waals surface area contributed by atoms with E-state index in [0.29, 0.717) is 5.56 Å². The quantitative estimate of drug-likeness (QED) is 0.541. The van der Waals surface area contributed by atoms with Crippen molar-refractivity contribution in [2.45, 2.75) is 44.8 Å². The smallest absolute Gasteiger partial charge is 0.410 e. The van der Waals surface area contributed by atoms with Crippen LogP contribution in [-0.2, 0) is 9.53 Å². The van der Waals surface area contributed by atoms with Crippen molar-refractivity contribution >= 4 is 29.2 Å². The van der Waals surface area contributed by atoms with Gasteiger partial charge in [-0.25, -0.2) is 15.6 Å². The maximum Gasteiger partial charge on any atom is 0.410 e. The van der Waals surface area contributed by atoms with Crippen LogP contribution in [0.25, 0.3) is 5.57 Å². The summed E-state index contributed by atoms with van der Waals surface area (Å²) in [7, 11) is 1.63. The van der Waals surface area contributed by atoms with E-state index in [4.69, 9.17) is 4.74 Å². The molecule has 1 unspecified atom stereocenters. The van der Waals surface area contributed by atoms with Crippen LogP contribution in [0.2, 0.25) is 0 Å². The molecule has 5 rings (SSSR count). The number of hydrazine groups is 2. The van der Waals surface area contributed by atoms with Gasteiger partial charge in [0.05, 0.1) is 18.3 Å². The number of hydrogen-bond acceptors (Lipinski definition) is 6. The molecule has 1 fully saturated rings. The Morgan fingerprint density at radius 3 is 2.66 bits per heavy atom. The molecule has 2 heterocycles. The molecule has 2 aromatic carbocycles. The van der Waals surface area contributed by atoms with E-state index in [9.17, 15) is 14.4 Å². The lowest BCUT2D eigenvalue weighted by Gasteiger charge is -2.23. The Balaban J connectivity index is 1.32. The van der Waals surface area contributed by atoms with Crippen molar-refractivity contribution in [3.8, 4) is 11.8 Å². The summed E-state index contributed by atoms with van der Waals surface area (Å²) >= 11 is 0. The molecule has 0 bridgehead atoms. The Kier molecular flexibility index (Phi) is 6.49. The number of hydrogen-bond donors (Lipinski definition) is 3. The van der Waals surface area contributed by atoms with E-state index in [2.05, 4.69) is 28.0 Å². The van der Waals surface area contributed by atoms with E-state index in [1.807, 2.05) is 57.2 Å². The number of ether oxygens (including phenoxy) is 1. The summed E-state index contributed by atoms with van der Waals surface area (Å²) in [5, 5.41) is 4.68. The van der Waals surface area contributed by atoms with Crippen LogP contribution < -0.4 is 16.2 Å². The zero-order chi connectivity index (χ0) is 27.0. The molecule has 196 valence electrons. The van der Waals surface area contributed by atoms with Gasteiger partial charge in [-0.2, -0.15) is 5.12 Å². The van der Waals surface area contributed by atoms with E-state index >= 15 is 0 Å². The third-order valence-corrected chi connectivity index (χ3v) is 6.55. The lowest BCUT2D eigenvalue weighted by molar-refractivity contribution is -0.126. The minimum atomic E-state index is -0.593. The van der Waals surface area contributed by atoms with Gasteiger partial charge in [0, 0.05) is 29.8 Å². The van der Waals surface area contributed by atoms with Crippen molar-refractivity contribution in [3.05, 3.63) is 71.4 Å². The number of anilines is 1. The molecule has 3 aliphatic rings. The first kappa shape index (κ1) is 25.2. The van der Waals surface area contributed by atoms with Crippen LogP contribution in [0.5, 0.6) is 0 Å². The van der Waals surface area contributed by atoms with Gasteiger partial charge in [0.1, 0.15) is 11.6 Å². The van der Waals surface area contributed by atoms with Crippen LogP contribution in [0.15, 0.2) is 54.7 Å². The summed E-state index contributed by atoms with van der Waals surface area (Å²) < 4.78 is 5.38. The lowest BCUT2D eigenvalue weighted by atomic mass is 9.98. The fraction of sp³-hybridized carbons (Fsp3) is 0.345. The predicted molar refractivity (Wildman–Crippen MR) is 143 cm³/mol. The second-order valence-corrected chi connectivity index (χ2v) is 10.7. The van der Waals surface area contributed by atoms with E-state index < -0.39 is 17.7 Å². The number of benzene rings is 2. The summed E-state index contributed by atoms with van der Waals surface area (Å²) in [6.07, 6.45) is 2.00. The van der Waals surface area contributed by atoms with Crippen molar-refractivity contribution in [1.82, 2.24) is 20.9 Å². The van der Waals surface area contributed by atoms with Crippen molar-refractivity contribution in [3.63, 3.8) is 0 Å². The molecule has 2 aromatic rings. The Bertz CT molecular complexity index is 1370. The molecule has 3 atom stereocenters. The highest BCUT2D eigenvalue weighted by Crippen LogP contribution is 2.47. The highest BCUT2D eigenvalue weighted by molar-refractivity contribution is 6.05. The zero-order valence-electron chi connectivity index (χ0n) is 21.9. The molecule has 9 nitrogen and oxygen atoms in total. The maximum absolute atomic E-state index is 13.0. The normalized spacial score (nSPS) is 20.9. The molecule has 3 amide bonds. The monoisotopic (exact) mass is 513 g/mol. The van der Waals surface area contributed by atoms with Crippen LogP contribution >= 0.6 is 0 Å². The largest absolute Gasteiger partial charge is 0.444 e. The topological polar surface area (TPSA) is 103 Å². The van der Waals surface area contributed by atoms with Gasteiger partial charge < -0.3 is 15.0 Å². The number of nitrogens with zero attached hydrogens (tertiary/aromatic N) is 2. The molecule has 9 heteroatoms. The Morgan fingerprint density at radius 2 is 1.92 bits per heavy atom. The number of amides is 3. The summed E-state index contributed by atoms with van der Waals surface area (Å²) in [6, 6.07) is 14.9. The standard InChI is InChI=1S/C29H31N5O4/c1-29(2,3)38-28(37)33(4)15-9-14-23-22-17-34(31-26(35)19-12-8-13-24(30-23)25(19)22)32-27(36)21-16-20(21)18-10-6-5-7-11-18/h5-8,10-13,17,20-21,23,30H,15-16H2,1-4H3,(H,31,35)(H,32,36)/t20?,21-,23-/m1/s1. The summed E-state index contributed by atoms with van der Waals surface area (Å²) in [5.41, 5.74) is 8.91. The van der Waals surface area contributed by atoms with E-state index in [0.717, 1.165) is 28.8 Å². The fourth-order valence-corrected chi connectivity index (χ4v) is 4.63. The summed E-state index contributed by atoms with van der Waals surface area (Å²) in [5.74, 6) is 5.72. The highest BCUT2D eigenvalue weighted by Gasteiger charge is 2.44. The first-order chi connectivity index (χ1) is 18.1. The number of nitrogens with one attached hydrogen (secondary N) is 3. The van der Waals surface area contributed by atoms with E-state index in [1.165, 1.54) is 10.0 Å². The molecule has 38 heavy (non-hydrogen) atoms. The van der Waals surface area contributed by atoms with E-state index in [-0.39, 0.29) is 30.2 Å². The number of carbonyl (C=O) groups is 3. The van der Waals surface area contributed by atoms with Gasteiger partial charge in [-0.15, -0.1) is 0 Å². The molecular formula is C29H31N5O4. The Labute approximate surface area is 222 Å². The SMILES string of the molecule is CN(CC#C[C@H]1Nc2cccc3c2C1=CN(NC(=O)[C@@H]1CC1c1ccccc1)NC3=O)C(=O)OC(C)(C)C. The second kappa shape index (κ2) is 9.78. The highest BCUT2D eigenvalue weighted by atomic mass is 16.6. The van der Waals surface area contributed by atoms with Gasteiger partial charge >= 0.3 is 6.09 Å². The average molecular weight is 514 g/mol. The molecule has 0 radical (unpaired) electrons. The molecule has 0 aromatic heterocycles. The van der Waals surface area contributed by atoms with Crippen molar-refractivity contribution < 1.29 is 19.1 Å². The lowest BCUT2D eigenvalue weighted by Crippen LogP contribution is -2.50. The summed E-state index contributed by atoms with van der Waals surface area (Å²) in [4.78, 5) is 39.7. The Hall–Kier alpha value is -4.45. The van der Waals surface area contributed by atoms with Crippen LogP contribution in [-0.4, -0.2) is 53.2 Å². The zero-order valence-corrected chi connectivity index (χ0v) is 21.9. The average Bonchev–Trinajstić information content (AvgIpc) is 3.62. The van der Waals surface area contributed by atoms with Crippen LogP contribution in [0.4, 0.5) is 10.5 Å². The molecule has 0 saturated heterocycles. The van der Waals surface area contributed by atoms with Crippen molar-refractivity contribution in [1.29, 1.82) is 0 Å². The van der Waals surface area contributed by atoms with Gasteiger partial charge in [0.25, 0.3) is 5.91 Å². The van der Waals surface area contributed by atoms with Gasteiger partial charge in [0.15, 0.2) is 0 Å². The maximum atomic E-state index is 13.0. The molecule has 2 aliphatic heterocycles. The molecule has 1 saturated carbocycles. The van der Waals surface area contributed by atoms with Crippen LogP contribution in [0, 0.1) is 17.8 Å². The predicted octanol–water partition coefficient (Wildman–Crippen LogP) is 3.49. The van der Waals surface area contributed by atoms with E-state index in [1.54, 1.807) is 25.4 Å². The third kappa shape index (κ3) is 5.30. The molecule has 3 N–H and O–H groups in total. The second-order valence-electron chi connectivity index (χ2n) is 10.7. The first-order valence-electron chi connectivity index (χ1n) is 12.6.